The molecular weight excluding hydrogens is 252 g/mol. The third-order valence-electron chi connectivity index (χ3n) is 3.95. The van der Waals surface area contributed by atoms with Crippen molar-refractivity contribution in [3.05, 3.63) is 0 Å². The van der Waals surface area contributed by atoms with Crippen molar-refractivity contribution in [3.63, 3.8) is 0 Å². The zero-order chi connectivity index (χ0) is 14.0. The Morgan fingerprint density at radius 1 is 1.21 bits per heavy atom. The number of carbonyl (C=O) groups is 2. The number of hydrogen-bond acceptors (Lipinski definition) is 4. The van der Waals surface area contributed by atoms with Crippen molar-refractivity contribution in [2.75, 3.05) is 26.2 Å². The number of piperidine rings is 1. The van der Waals surface area contributed by atoms with Crippen molar-refractivity contribution in [1.82, 2.24) is 9.80 Å². The van der Waals surface area contributed by atoms with Gasteiger partial charge in [-0.25, -0.2) is 9.59 Å². The number of likely N-dealkylation sites (tertiary alicyclic amines) is 2. The van der Waals surface area contributed by atoms with E-state index in [1.54, 1.807) is 4.90 Å². The summed E-state index contributed by atoms with van der Waals surface area (Å²) in [4.78, 5) is 26.2. The number of aliphatic hydroxyl groups is 2. The van der Waals surface area contributed by atoms with Gasteiger partial charge in [-0.05, 0) is 18.8 Å². The molecule has 2 rings (SSSR count). The maximum atomic E-state index is 12.3. The van der Waals surface area contributed by atoms with E-state index in [2.05, 4.69) is 0 Å². The van der Waals surface area contributed by atoms with Crippen LogP contribution in [-0.2, 0) is 4.79 Å². The van der Waals surface area contributed by atoms with Crippen molar-refractivity contribution in [2.24, 2.45) is 5.92 Å². The van der Waals surface area contributed by atoms with Gasteiger partial charge in [0.25, 0.3) is 0 Å². The molecule has 7 heteroatoms. The number of carbonyl (C=O) groups excluding carboxylic acids is 1. The van der Waals surface area contributed by atoms with Gasteiger partial charge >= 0.3 is 12.0 Å². The van der Waals surface area contributed by atoms with Crippen molar-refractivity contribution in [1.29, 1.82) is 0 Å². The van der Waals surface area contributed by atoms with Gasteiger partial charge in [0.2, 0.25) is 0 Å². The quantitative estimate of drug-likeness (QED) is 0.619. The molecule has 2 heterocycles. The van der Waals surface area contributed by atoms with E-state index in [4.69, 9.17) is 10.2 Å². The SMILES string of the molecule is O=C(O)[C@@H]1C[C@H](O)CN1C(=O)N1CCC(CO)CC1. The molecule has 19 heavy (non-hydrogen) atoms. The summed E-state index contributed by atoms with van der Waals surface area (Å²) in [5.74, 6) is -0.848. The summed E-state index contributed by atoms with van der Waals surface area (Å²) >= 11 is 0. The minimum atomic E-state index is -1.07. The summed E-state index contributed by atoms with van der Waals surface area (Å²) in [6, 6.07) is -1.25. The Hall–Kier alpha value is -1.34. The van der Waals surface area contributed by atoms with E-state index in [0.29, 0.717) is 13.1 Å². The minimum absolute atomic E-state index is 0.0791. The van der Waals surface area contributed by atoms with E-state index in [1.165, 1.54) is 4.90 Å². The van der Waals surface area contributed by atoms with Crippen LogP contribution in [0.4, 0.5) is 4.79 Å². The van der Waals surface area contributed by atoms with E-state index >= 15 is 0 Å². The van der Waals surface area contributed by atoms with Gasteiger partial charge in [0.15, 0.2) is 0 Å². The summed E-state index contributed by atoms with van der Waals surface area (Å²) in [5.41, 5.74) is 0. The highest BCUT2D eigenvalue weighted by molar-refractivity contribution is 5.83. The number of carboxylic acids is 1. The summed E-state index contributed by atoms with van der Waals surface area (Å²) < 4.78 is 0. The Labute approximate surface area is 111 Å². The lowest BCUT2D eigenvalue weighted by Gasteiger charge is -2.35. The standard InChI is InChI=1S/C12H20N2O5/c15-7-8-1-3-13(4-2-8)12(19)14-6-9(16)5-10(14)11(17)18/h8-10,15-16H,1-7H2,(H,17,18)/t9-,10-/m0/s1. The van der Waals surface area contributed by atoms with Gasteiger partial charge in [-0.1, -0.05) is 0 Å². The number of rotatable bonds is 2. The molecule has 0 aromatic rings. The molecule has 0 aromatic carbocycles. The first-order valence-corrected chi connectivity index (χ1v) is 6.60. The number of urea groups is 1. The van der Waals surface area contributed by atoms with Gasteiger partial charge in [-0.15, -0.1) is 0 Å². The first kappa shape index (κ1) is 14.1. The largest absolute Gasteiger partial charge is 0.480 e. The molecule has 108 valence electrons. The average molecular weight is 272 g/mol. The average Bonchev–Trinajstić information content (AvgIpc) is 2.80. The number of hydrogen-bond donors (Lipinski definition) is 3. The molecule has 0 saturated carbocycles. The van der Waals surface area contributed by atoms with E-state index < -0.39 is 18.1 Å². The van der Waals surface area contributed by atoms with Crippen LogP contribution in [0.15, 0.2) is 0 Å². The van der Waals surface area contributed by atoms with Crippen LogP contribution in [0.25, 0.3) is 0 Å². The van der Waals surface area contributed by atoms with Gasteiger partial charge in [0.05, 0.1) is 6.10 Å². The van der Waals surface area contributed by atoms with Crippen molar-refractivity contribution in [3.8, 4) is 0 Å². The van der Waals surface area contributed by atoms with Crippen LogP contribution in [0, 0.1) is 5.92 Å². The molecule has 0 spiro atoms. The molecule has 0 aromatic heterocycles. The number of β-amino-alcohol motifs (C(OH)–C–C–N with tert-alkyl or cyclic N) is 1. The molecule has 2 atom stereocenters. The molecule has 0 radical (unpaired) electrons. The third kappa shape index (κ3) is 2.98. The molecule has 0 aliphatic carbocycles. The Morgan fingerprint density at radius 3 is 2.37 bits per heavy atom. The second kappa shape index (κ2) is 5.75. The fourth-order valence-corrected chi connectivity index (χ4v) is 2.75. The number of amides is 2. The normalized spacial score (nSPS) is 28.7. The van der Waals surface area contributed by atoms with Crippen molar-refractivity contribution in [2.45, 2.75) is 31.4 Å². The van der Waals surface area contributed by atoms with Crippen molar-refractivity contribution < 1.29 is 24.9 Å². The summed E-state index contributed by atoms with van der Waals surface area (Å²) in [6.45, 7) is 1.27. The lowest BCUT2D eigenvalue weighted by atomic mass is 9.98. The van der Waals surface area contributed by atoms with Gasteiger partial charge in [0, 0.05) is 32.7 Å². The maximum absolute atomic E-state index is 12.3. The second-order valence-electron chi connectivity index (χ2n) is 5.29. The number of aliphatic hydroxyl groups excluding tert-OH is 2. The lowest BCUT2D eigenvalue weighted by Crippen LogP contribution is -2.50. The monoisotopic (exact) mass is 272 g/mol. The molecule has 2 aliphatic rings. The number of carboxylic acid groups (broad SMARTS) is 1. The summed E-state index contributed by atoms with van der Waals surface area (Å²) in [7, 11) is 0. The molecular formula is C12H20N2O5. The van der Waals surface area contributed by atoms with E-state index in [9.17, 15) is 14.7 Å². The maximum Gasteiger partial charge on any atom is 0.326 e. The fourth-order valence-electron chi connectivity index (χ4n) is 2.75. The molecule has 3 N–H and O–H groups in total. The Kier molecular flexibility index (Phi) is 4.26. The second-order valence-corrected chi connectivity index (χ2v) is 5.29. The van der Waals surface area contributed by atoms with Crippen LogP contribution in [0.3, 0.4) is 0 Å². The third-order valence-corrected chi connectivity index (χ3v) is 3.95. The van der Waals surface area contributed by atoms with Crippen LogP contribution < -0.4 is 0 Å². The van der Waals surface area contributed by atoms with Gasteiger partial charge in [0.1, 0.15) is 6.04 Å². The predicted molar refractivity (Wildman–Crippen MR) is 65.5 cm³/mol. The Bertz CT molecular complexity index is 354. The number of nitrogens with zero attached hydrogens (tertiary/aromatic N) is 2. The highest BCUT2D eigenvalue weighted by atomic mass is 16.4. The van der Waals surface area contributed by atoms with E-state index in [1.807, 2.05) is 0 Å². The molecule has 2 fully saturated rings. The van der Waals surface area contributed by atoms with Gasteiger partial charge in [-0.3, -0.25) is 0 Å². The number of aliphatic carboxylic acids is 1. The van der Waals surface area contributed by atoms with E-state index in [0.717, 1.165) is 12.8 Å². The molecule has 2 saturated heterocycles. The first-order valence-electron chi connectivity index (χ1n) is 6.60. The molecule has 7 nitrogen and oxygen atoms in total. The van der Waals surface area contributed by atoms with Crippen LogP contribution in [-0.4, -0.2) is 75.5 Å². The highest BCUT2D eigenvalue weighted by Crippen LogP contribution is 2.23. The smallest absolute Gasteiger partial charge is 0.326 e. The minimum Gasteiger partial charge on any atom is -0.480 e. The van der Waals surface area contributed by atoms with Crippen LogP contribution in [0.2, 0.25) is 0 Å². The lowest BCUT2D eigenvalue weighted by molar-refractivity contribution is -0.141. The summed E-state index contributed by atoms with van der Waals surface area (Å²) in [5, 5.41) is 27.7. The highest BCUT2D eigenvalue weighted by Gasteiger charge is 2.41. The zero-order valence-corrected chi connectivity index (χ0v) is 10.7. The van der Waals surface area contributed by atoms with Gasteiger partial charge in [-0.2, -0.15) is 0 Å². The predicted octanol–water partition coefficient (Wildman–Crippen LogP) is -0.669. The van der Waals surface area contributed by atoms with Crippen molar-refractivity contribution >= 4 is 12.0 Å². The molecule has 0 unspecified atom stereocenters. The van der Waals surface area contributed by atoms with Crippen LogP contribution in [0.1, 0.15) is 19.3 Å². The van der Waals surface area contributed by atoms with E-state index in [-0.39, 0.29) is 31.5 Å². The first-order chi connectivity index (χ1) is 9.02. The van der Waals surface area contributed by atoms with Gasteiger partial charge < -0.3 is 25.1 Å². The molecule has 2 aliphatic heterocycles. The topological polar surface area (TPSA) is 101 Å². The summed E-state index contributed by atoms with van der Waals surface area (Å²) in [6.07, 6.45) is 0.793. The Morgan fingerprint density at radius 2 is 1.84 bits per heavy atom. The Balaban J connectivity index is 1.97. The van der Waals surface area contributed by atoms with Crippen LogP contribution in [0.5, 0.6) is 0 Å². The fraction of sp³-hybridized carbons (Fsp3) is 0.833. The van der Waals surface area contributed by atoms with Crippen LogP contribution >= 0.6 is 0 Å². The molecule has 2 amide bonds. The zero-order valence-electron chi connectivity index (χ0n) is 10.7. The molecule has 0 bridgehead atoms.